The number of aromatic nitrogens is 1. The summed E-state index contributed by atoms with van der Waals surface area (Å²) in [7, 11) is 0. The van der Waals surface area contributed by atoms with Gasteiger partial charge in [0.05, 0.1) is 5.52 Å². The number of furan rings is 1. The summed E-state index contributed by atoms with van der Waals surface area (Å²) >= 11 is 0. The van der Waals surface area contributed by atoms with Crippen LogP contribution in [-0.2, 0) is 6.54 Å². The number of nitrogens with zero attached hydrogens (tertiary/aromatic N) is 2. The van der Waals surface area contributed by atoms with Gasteiger partial charge in [0.25, 0.3) is 5.91 Å². The number of hydrogen-bond acceptors (Lipinski definition) is 3. The Morgan fingerprint density at radius 3 is 2.59 bits per heavy atom. The summed E-state index contributed by atoms with van der Waals surface area (Å²) in [5, 5.41) is 3.18. The molecule has 1 atom stereocenters. The minimum absolute atomic E-state index is 0.0414. The Morgan fingerprint density at radius 1 is 1.17 bits per heavy atom. The molecule has 0 unspecified atom stereocenters. The standard InChI is InChI=1S/C24H33N3O2/c1-5-26(6-2)14-10-11-18(3)25-24(28)22-16-23-21(15-19(4)29-23)27(22)17-20-12-8-7-9-13-20/h7-9,12-13,15-16,18H,5-6,10-11,14,17H2,1-4H3,(H,25,28)/t18-/m0/s1. The van der Waals surface area contributed by atoms with E-state index in [1.165, 1.54) is 0 Å². The number of benzene rings is 1. The maximum atomic E-state index is 13.0. The number of carbonyl (C=O) groups is 1. The zero-order chi connectivity index (χ0) is 20.8. The molecule has 0 saturated carbocycles. The molecule has 1 aromatic carbocycles. The fourth-order valence-corrected chi connectivity index (χ4v) is 3.82. The highest BCUT2D eigenvalue weighted by atomic mass is 16.3. The van der Waals surface area contributed by atoms with Gasteiger partial charge in [0.15, 0.2) is 5.58 Å². The third kappa shape index (κ3) is 5.30. The lowest BCUT2D eigenvalue weighted by Crippen LogP contribution is -2.34. The van der Waals surface area contributed by atoms with Gasteiger partial charge in [-0.2, -0.15) is 0 Å². The van der Waals surface area contributed by atoms with E-state index in [1.54, 1.807) is 0 Å². The number of aryl methyl sites for hydroxylation is 1. The number of amides is 1. The second kappa shape index (κ2) is 9.79. The highest BCUT2D eigenvalue weighted by Gasteiger charge is 2.20. The van der Waals surface area contributed by atoms with Gasteiger partial charge in [0.1, 0.15) is 11.5 Å². The Morgan fingerprint density at radius 2 is 1.90 bits per heavy atom. The van der Waals surface area contributed by atoms with E-state index in [4.69, 9.17) is 4.42 Å². The second-order valence-corrected chi connectivity index (χ2v) is 7.75. The minimum Gasteiger partial charge on any atom is -0.460 e. The van der Waals surface area contributed by atoms with Crippen molar-refractivity contribution in [1.29, 1.82) is 0 Å². The van der Waals surface area contributed by atoms with Crippen molar-refractivity contribution in [3.8, 4) is 0 Å². The molecule has 156 valence electrons. The van der Waals surface area contributed by atoms with Crippen molar-refractivity contribution in [2.24, 2.45) is 0 Å². The molecule has 2 heterocycles. The molecule has 0 aliphatic heterocycles. The Balaban J connectivity index is 1.72. The third-order valence-corrected chi connectivity index (χ3v) is 5.51. The average Bonchev–Trinajstić information content (AvgIpc) is 3.23. The van der Waals surface area contributed by atoms with Crippen LogP contribution in [0.3, 0.4) is 0 Å². The van der Waals surface area contributed by atoms with Gasteiger partial charge in [0, 0.05) is 24.7 Å². The van der Waals surface area contributed by atoms with Gasteiger partial charge in [-0.05, 0) is 51.9 Å². The van der Waals surface area contributed by atoms with Crippen LogP contribution in [-0.4, -0.2) is 41.1 Å². The van der Waals surface area contributed by atoms with E-state index in [0.29, 0.717) is 12.2 Å². The summed E-state index contributed by atoms with van der Waals surface area (Å²) in [5.74, 6) is 0.814. The average molecular weight is 396 g/mol. The van der Waals surface area contributed by atoms with Crippen molar-refractivity contribution >= 4 is 17.0 Å². The van der Waals surface area contributed by atoms with Gasteiger partial charge in [-0.1, -0.05) is 44.2 Å². The van der Waals surface area contributed by atoms with Gasteiger partial charge in [-0.15, -0.1) is 0 Å². The van der Waals surface area contributed by atoms with Gasteiger partial charge in [-0.3, -0.25) is 4.79 Å². The first-order valence-electron chi connectivity index (χ1n) is 10.7. The number of hydrogen-bond donors (Lipinski definition) is 1. The summed E-state index contributed by atoms with van der Waals surface area (Å²) in [6.45, 7) is 12.3. The molecule has 29 heavy (non-hydrogen) atoms. The van der Waals surface area contributed by atoms with Gasteiger partial charge in [0.2, 0.25) is 0 Å². The molecule has 0 spiro atoms. The lowest BCUT2D eigenvalue weighted by Gasteiger charge is -2.20. The summed E-state index contributed by atoms with van der Waals surface area (Å²) in [5.41, 5.74) is 3.53. The highest BCUT2D eigenvalue weighted by Crippen LogP contribution is 2.25. The van der Waals surface area contributed by atoms with E-state index in [2.05, 4.69) is 47.7 Å². The van der Waals surface area contributed by atoms with Crippen LogP contribution in [0.15, 0.2) is 46.9 Å². The van der Waals surface area contributed by atoms with Crippen LogP contribution < -0.4 is 5.32 Å². The minimum atomic E-state index is -0.0414. The number of fused-ring (bicyclic) bond motifs is 1. The Bertz CT molecular complexity index is 922. The largest absolute Gasteiger partial charge is 0.460 e. The maximum absolute atomic E-state index is 13.0. The molecule has 0 radical (unpaired) electrons. The molecule has 0 fully saturated rings. The lowest BCUT2D eigenvalue weighted by molar-refractivity contribution is 0.0928. The van der Waals surface area contributed by atoms with Crippen LogP contribution in [0.2, 0.25) is 0 Å². The number of rotatable bonds is 10. The predicted molar refractivity (Wildman–Crippen MR) is 118 cm³/mol. The Labute approximate surface area is 173 Å². The molecular weight excluding hydrogens is 362 g/mol. The van der Waals surface area contributed by atoms with E-state index >= 15 is 0 Å². The molecule has 0 aliphatic carbocycles. The van der Waals surface area contributed by atoms with Crippen molar-refractivity contribution in [3.05, 3.63) is 59.5 Å². The maximum Gasteiger partial charge on any atom is 0.268 e. The van der Waals surface area contributed by atoms with Gasteiger partial charge in [-0.25, -0.2) is 0 Å². The van der Waals surface area contributed by atoms with E-state index in [9.17, 15) is 4.79 Å². The van der Waals surface area contributed by atoms with Crippen LogP contribution in [0, 0.1) is 6.92 Å². The van der Waals surface area contributed by atoms with Gasteiger partial charge >= 0.3 is 0 Å². The predicted octanol–water partition coefficient (Wildman–Crippen LogP) is 4.83. The van der Waals surface area contributed by atoms with E-state index in [0.717, 1.165) is 54.9 Å². The molecule has 1 amide bonds. The first kappa shape index (κ1) is 21.2. The van der Waals surface area contributed by atoms with Crippen LogP contribution in [0.1, 0.15) is 55.4 Å². The highest BCUT2D eigenvalue weighted by molar-refractivity contribution is 5.97. The number of carbonyl (C=O) groups excluding carboxylic acids is 1. The van der Waals surface area contributed by atoms with E-state index in [-0.39, 0.29) is 11.9 Å². The van der Waals surface area contributed by atoms with E-state index < -0.39 is 0 Å². The Hall–Kier alpha value is -2.53. The molecule has 2 aromatic heterocycles. The molecule has 0 aliphatic rings. The van der Waals surface area contributed by atoms with Crippen LogP contribution in [0.5, 0.6) is 0 Å². The van der Waals surface area contributed by atoms with Crippen molar-refractivity contribution < 1.29 is 9.21 Å². The van der Waals surface area contributed by atoms with Crippen molar-refractivity contribution in [2.75, 3.05) is 19.6 Å². The fraction of sp³-hybridized carbons (Fsp3) is 0.458. The lowest BCUT2D eigenvalue weighted by atomic mass is 10.1. The topological polar surface area (TPSA) is 50.4 Å². The normalized spacial score (nSPS) is 12.6. The number of nitrogens with one attached hydrogen (secondary N) is 1. The van der Waals surface area contributed by atoms with Crippen molar-refractivity contribution in [3.63, 3.8) is 0 Å². The SMILES string of the molecule is CCN(CC)CCC[C@H](C)NC(=O)c1cc2oc(C)cc2n1Cc1ccccc1. The third-order valence-electron chi connectivity index (χ3n) is 5.51. The molecular formula is C24H33N3O2. The quantitative estimate of drug-likeness (QED) is 0.535. The van der Waals surface area contributed by atoms with Crippen molar-refractivity contribution in [1.82, 2.24) is 14.8 Å². The van der Waals surface area contributed by atoms with Crippen LogP contribution in [0.4, 0.5) is 0 Å². The Kier molecular flexibility index (Phi) is 7.15. The van der Waals surface area contributed by atoms with Crippen LogP contribution in [0.25, 0.3) is 11.1 Å². The summed E-state index contributed by atoms with van der Waals surface area (Å²) in [6, 6.07) is 14.2. The first-order chi connectivity index (χ1) is 14.0. The van der Waals surface area contributed by atoms with Crippen LogP contribution >= 0.6 is 0 Å². The zero-order valence-electron chi connectivity index (χ0n) is 18.1. The molecule has 3 rings (SSSR count). The van der Waals surface area contributed by atoms with Gasteiger partial charge < -0.3 is 19.2 Å². The molecule has 5 nitrogen and oxygen atoms in total. The summed E-state index contributed by atoms with van der Waals surface area (Å²) in [6.07, 6.45) is 2.05. The summed E-state index contributed by atoms with van der Waals surface area (Å²) < 4.78 is 7.85. The van der Waals surface area contributed by atoms with Crippen molar-refractivity contribution in [2.45, 2.75) is 53.1 Å². The monoisotopic (exact) mass is 395 g/mol. The molecule has 1 N–H and O–H groups in total. The second-order valence-electron chi connectivity index (χ2n) is 7.75. The first-order valence-corrected chi connectivity index (χ1v) is 10.7. The summed E-state index contributed by atoms with van der Waals surface area (Å²) in [4.78, 5) is 15.5. The fourth-order valence-electron chi connectivity index (χ4n) is 3.82. The molecule has 5 heteroatoms. The smallest absolute Gasteiger partial charge is 0.268 e. The molecule has 0 saturated heterocycles. The zero-order valence-corrected chi connectivity index (χ0v) is 18.1. The van der Waals surface area contributed by atoms with E-state index in [1.807, 2.05) is 37.3 Å². The molecule has 3 aromatic rings. The molecule has 0 bridgehead atoms.